The van der Waals surface area contributed by atoms with E-state index in [-0.39, 0.29) is 11.9 Å². The highest BCUT2D eigenvalue weighted by Crippen LogP contribution is 2.16. The molecule has 0 heterocycles. The van der Waals surface area contributed by atoms with Crippen LogP contribution in [0.25, 0.3) is 0 Å². The van der Waals surface area contributed by atoms with Gasteiger partial charge in [0.05, 0.1) is 6.61 Å². The van der Waals surface area contributed by atoms with E-state index in [4.69, 9.17) is 4.74 Å². The van der Waals surface area contributed by atoms with Gasteiger partial charge in [0.2, 0.25) is 0 Å². The maximum absolute atomic E-state index is 12.9. The number of nitrogens with one attached hydrogen (secondary N) is 1. The highest BCUT2D eigenvalue weighted by atomic mass is 19.1. The Balaban J connectivity index is 1.91. The molecule has 2 nitrogen and oxygen atoms in total. The van der Waals surface area contributed by atoms with Gasteiger partial charge in [-0.1, -0.05) is 31.2 Å². The molecule has 1 atom stereocenters. The van der Waals surface area contributed by atoms with Gasteiger partial charge in [0, 0.05) is 12.6 Å². The van der Waals surface area contributed by atoms with Crippen LogP contribution in [0.5, 0.6) is 5.75 Å². The fraction of sp³-hybridized carbons (Fsp3) is 0.333. The molecule has 1 N–H and O–H groups in total. The van der Waals surface area contributed by atoms with E-state index in [2.05, 4.69) is 31.3 Å². The number of benzene rings is 2. The Morgan fingerprint density at radius 3 is 2.62 bits per heavy atom. The molecule has 0 aliphatic carbocycles. The van der Waals surface area contributed by atoms with Crippen molar-refractivity contribution in [2.75, 3.05) is 6.61 Å². The van der Waals surface area contributed by atoms with Crippen LogP contribution >= 0.6 is 0 Å². The average molecular weight is 287 g/mol. The Morgan fingerprint density at radius 1 is 1.14 bits per heavy atom. The first kappa shape index (κ1) is 15.5. The maximum atomic E-state index is 12.9. The lowest BCUT2D eigenvalue weighted by Crippen LogP contribution is -2.18. The van der Waals surface area contributed by atoms with E-state index in [1.807, 2.05) is 24.3 Å². The molecule has 3 heteroatoms. The largest absolute Gasteiger partial charge is 0.494 e. The van der Waals surface area contributed by atoms with Crippen molar-refractivity contribution in [3.8, 4) is 5.75 Å². The summed E-state index contributed by atoms with van der Waals surface area (Å²) in [6, 6.07) is 14.9. The summed E-state index contributed by atoms with van der Waals surface area (Å²) in [7, 11) is 0. The van der Waals surface area contributed by atoms with Gasteiger partial charge in [-0.15, -0.1) is 0 Å². The summed E-state index contributed by atoms with van der Waals surface area (Å²) in [6.45, 7) is 5.66. The van der Waals surface area contributed by atoms with Gasteiger partial charge >= 0.3 is 0 Å². The quantitative estimate of drug-likeness (QED) is 0.811. The zero-order valence-corrected chi connectivity index (χ0v) is 12.6. The summed E-state index contributed by atoms with van der Waals surface area (Å²) < 4.78 is 18.5. The van der Waals surface area contributed by atoms with Gasteiger partial charge in [-0.2, -0.15) is 0 Å². The van der Waals surface area contributed by atoms with E-state index in [9.17, 15) is 4.39 Å². The van der Waals surface area contributed by atoms with Crippen LogP contribution in [0.4, 0.5) is 4.39 Å². The summed E-state index contributed by atoms with van der Waals surface area (Å²) >= 11 is 0. The highest BCUT2D eigenvalue weighted by molar-refractivity contribution is 5.28. The van der Waals surface area contributed by atoms with Crippen LogP contribution in [-0.2, 0) is 6.54 Å². The first-order chi connectivity index (χ1) is 10.2. The van der Waals surface area contributed by atoms with Crippen molar-refractivity contribution in [3.63, 3.8) is 0 Å². The van der Waals surface area contributed by atoms with Gasteiger partial charge in [-0.25, -0.2) is 4.39 Å². The van der Waals surface area contributed by atoms with E-state index in [1.54, 1.807) is 0 Å². The summed E-state index contributed by atoms with van der Waals surface area (Å²) in [5.41, 5.74) is 2.26. The molecule has 0 bridgehead atoms. The van der Waals surface area contributed by atoms with Crippen LogP contribution in [0.2, 0.25) is 0 Å². The molecule has 0 aliphatic heterocycles. The van der Waals surface area contributed by atoms with E-state index in [1.165, 1.54) is 17.7 Å². The van der Waals surface area contributed by atoms with Gasteiger partial charge in [0.25, 0.3) is 0 Å². The van der Waals surface area contributed by atoms with E-state index >= 15 is 0 Å². The van der Waals surface area contributed by atoms with E-state index < -0.39 is 0 Å². The topological polar surface area (TPSA) is 21.3 Å². The maximum Gasteiger partial charge on any atom is 0.123 e. The lowest BCUT2D eigenvalue weighted by molar-refractivity contribution is 0.317. The van der Waals surface area contributed by atoms with Crippen LogP contribution in [0.15, 0.2) is 48.5 Å². The van der Waals surface area contributed by atoms with Gasteiger partial charge < -0.3 is 10.1 Å². The SMILES string of the molecule is CCCOc1cccc(CN[C@@H](C)c2ccc(F)cc2)c1. The van der Waals surface area contributed by atoms with Crippen molar-refractivity contribution >= 4 is 0 Å². The summed E-state index contributed by atoms with van der Waals surface area (Å²) in [6.07, 6.45) is 1.00. The molecule has 112 valence electrons. The third-order valence-corrected chi connectivity index (χ3v) is 3.35. The minimum absolute atomic E-state index is 0.172. The van der Waals surface area contributed by atoms with Crippen molar-refractivity contribution in [2.45, 2.75) is 32.9 Å². The second-order valence-corrected chi connectivity index (χ2v) is 5.15. The molecule has 0 aliphatic rings. The normalized spacial score (nSPS) is 12.1. The fourth-order valence-corrected chi connectivity index (χ4v) is 2.11. The summed E-state index contributed by atoms with van der Waals surface area (Å²) in [5.74, 6) is 0.706. The molecular weight excluding hydrogens is 265 g/mol. The van der Waals surface area contributed by atoms with Gasteiger partial charge in [0.1, 0.15) is 11.6 Å². The lowest BCUT2D eigenvalue weighted by atomic mass is 10.1. The highest BCUT2D eigenvalue weighted by Gasteiger charge is 2.05. The molecule has 0 saturated heterocycles. The lowest BCUT2D eigenvalue weighted by Gasteiger charge is -2.15. The molecule has 0 aromatic heterocycles. The van der Waals surface area contributed by atoms with Crippen LogP contribution in [-0.4, -0.2) is 6.61 Å². The molecule has 0 saturated carbocycles. The molecule has 2 rings (SSSR count). The molecule has 0 spiro atoms. The standard InChI is InChI=1S/C18H22FNO/c1-3-11-21-18-6-4-5-15(12-18)13-20-14(2)16-7-9-17(19)10-8-16/h4-10,12,14,20H,3,11,13H2,1-2H3/t14-/m0/s1. The van der Waals surface area contributed by atoms with Gasteiger partial charge in [0.15, 0.2) is 0 Å². The minimum Gasteiger partial charge on any atom is -0.494 e. The predicted molar refractivity (Wildman–Crippen MR) is 83.9 cm³/mol. The van der Waals surface area contributed by atoms with Crippen molar-refractivity contribution < 1.29 is 9.13 Å². The Labute approximate surface area is 126 Å². The molecule has 0 fully saturated rings. The summed E-state index contributed by atoms with van der Waals surface area (Å²) in [4.78, 5) is 0. The van der Waals surface area contributed by atoms with Gasteiger partial charge in [-0.3, -0.25) is 0 Å². The third kappa shape index (κ3) is 4.87. The number of ether oxygens (including phenoxy) is 1. The first-order valence-corrected chi connectivity index (χ1v) is 7.39. The van der Waals surface area contributed by atoms with Crippen molar-refractivity contribution in [1.29, 1.82) is 0 Å². The smallest absolute Gasteiger partial charge is 0.123 e. The molecule has 21 heavy (non-hydrogen) atoms. The Hall–Kier alpha value is -1.87. The minimum atomic E-state index is -0.202. The predicted octanol–water partition coefficient (Wildman–Crippen LogP) is 4.47. The first-order valence-electron chi connectivity index (χ1n) is 7.39. The molecule has 2 aromatic carbocycles. The van der Waals surface area contributed by atoms with Crippen LogP contribution in [0.1, 0.15) is 37.4 Å². The average Bonchev–Trinajstić information content (AvgIpc) is 2.52. The Bertz CT molecular complexity index is 553. The molecule has 0 radical (unpaired) electrons. The van der Waals surface area contributed by atoms with Crippen molar-refractivity contribution in [2.24, 2.45) is 0 Å². The number of hydrogen-bond donors (Lipinski definition) is 1. The Kier molecular flexibility index (Phi) is 5.76. The zero-order valence-electron chi connectivity index (χ0n) is 12.6. The van der Waals surface area contributed by atoms with E-state index in [0.29, 0.717) is 0 Å². The third-order valence-electron chi connectivity index (χ3n) is 3.35. The molecule has 0 amide bonds. The summed E-state index contributed by atoms with van der Waals surface area (Å²) in [5, 5.41) is 3.44. The van der Waals surface area contributed by atoms with E-state index in [0.717, 1.165) is 30.9 Å². The Morgan fingerprint density at radius 2 is 1.90 bits per heavy atom. The number of hydrogen-bond acceptors (Lipinski definition) is 2. The zero-order chi connectivity index (χ0) is 15.1. The monoisotopic (exact) mass is 287 g/mol. The second kappa shape index (κ2) is 7.79. The fourth-order valence-electron chi connectivity index (χ4n) is 2.11. The molecular formula is C18H22FNO. The number of halogens is 1. The van der Waals surface area contributed by atoms with Gasteiger partial charge in [-0.05, 0) is 48.7 Å². The molecule has 0 unspecified atom stereocenters. The van der Waals surface area contributed by atoms with Crippen molar-refractivity contribution in [1.82, 2.24) is 5.32 Å². The molecule has 2 aromatic rings. The van der Waals surface area contributed by atoms with Crippen LogP contribution in [0.3, 0.4) is 0 Å². The second-order valence-electron chi connectivity index (χ2n) is 5.15. The van der Waals surface area contributed by atoms with Crippen LogP contribution < -0.4 is 10.1 Å². The van der Waals surface area contributed by atoms with Crippen molar-refractivity contribution in [3.05, 3.63) is 65.5 Å². The number of rotatable bonds is 7. The van der Waals surface area contributed by atoms with Crippen LogP contribution in [0, 0.1) is 5.82 Å².